The molecule has 18 rings (SSSR count). The van der Waals surface area contributed by atoms with Gasteiger partial charge in [0, 0.05) is 54.5 Å². The third-order valence-electron chi connectivity index (χ3n) is 18.1. The van der Waals surface area contributed by atoms with E-state index in [2.05, 4.69) is 153 Å². The SMILES string of the molecule is [C-]#[N+]c1cccc2c1oc1c(N(c3ccc(F)cc3)c3cc4c(c5ccccc35)-c3c(cc(N(c5ccc(F)cc5)c5cccc6c5oc5c(C#N)cccc56)c5ccccc35)C43c4ccccc4-n4c5ccccc5c5cccc3c54)cccc12. The van der Waals surface area contributed by atoms with E-state index in [-0.39, 0.29) is 11.6 Å². The molecule has 0 N–H and O–H groups in total. The van der Waals surface area contributed by atoms with Crippen molar-refractivity contribution in [2.75, 3.05) is 9.80 Å². The monoisotopic (exact) mass is 1110 g/mol. The molecule has 0 bridgehead atoms. The molecule has 86 heavy (non-hydrogen) atoms. The zero-order chi connectivity index (χ0) is 57.1. The highest BCUT2D eigenvalue weighted by atomic mass is 19.1. The molecular weight excluding hydrogens is 1060 g/mol. The van der Waals surface area contributed by atoms with E-state index in [1.165, 1.54) is 24.3 Å². The minimum Gasteiger partial charge on any atom is -0.465 e. The number of nitriles is 1. The van der Waals surface area contributed by atoms with Crippen LogP contribution >= 0.6 is 0 Å². The molecule has 1 atom stereocenters. The van der Waals surface area contributed by atoms with Gasteiger partial charge in [-0.15, -0.1) is 0 Å². The van der Waals surface area contributed by atoms with Crippen LogP contribution in [0.5, 0.6) is 0 Å². The molecule has 7 nitrogen and oxygen atoms in total. The maximum atomic E-state index is 15.4. The average Bonchev–Trinajstić information content (AvgIpc) is 1.47. The lowest BCUT2D eigenvalue weighted by atomic mass is 9.65. The van der Waals surface area contributed by atoms with Gasteiger partial charge in [-0.1, -0.05) is 158 Å². The zero-order valence-corrected chi connectivity index (χ0v) is 45.5. The fraction of sp³-hybridized carbons (Fsp3) is 0.0130. The molecule has 2 aliphatic rings. The van der Waals surface area contributed by atoms with Crippen molar-refractivity contribution in [1.29, 1.82) is 5.26 Å². The van der Waals surface area contributed by atoms with E-state index in [0.717, 1.165) is 115 Å². The molecule has 1 unspecified atom stereocenters. The summed E-state index contributed by atoms with van der Waals surface area (Å²) in [6.07, 6.45) is 0. The fourth-order valence-corrected chi connectivity index (χ4v) is 14.8. The number of anilines is 6. The van der Waals surface area contributed by atoms with Crippen molar-refractivity contribution < 1.29 is 17.6 Å². The Balaban J connectivity index is 1.03. The average molecular weight is 1110 g/mol. The molecular formula is C77H41F2N5O2. The summed E-state index contributed by atoms with van der Waals surface area (Å²) >= 11 is 0. The van der Waals surface area contributed by atoms with Gasteiger partial charge in [0.2, 0.25) is 5.69 Å². The first-order chi connectivity index (χ1) is 42.4. The Hall–Kier alpha value is -11.8. The van der Waals surface area contributed by atoms with Gasteiger partial charge in [0.15, 0.2) is 16.7 Å². The van der Waals surface area contributed by atoms with Crippen molar-refractivity contribution in [3.63, 3.8) is 0 Å². The van der Waals surface area contributed by atoms with Crippen LogP contribution in [0.15, 0.2) is 258 Å². The van der Waals surface area contributed by atoms with E-state index in [4.69, 9.17) is 15.4 Å². The molecule has 0 saturated heterocycles. The van der Waals surface area contributed by atoms with Crippen molar-refractivity contribution in [2.24, 2.45) is 0 Å². The van der Waals surface area contributed by atoms with E-state index in [0.29, 0.717) is 56.3 Å². The van der Waals surface area contributed by atoms with Gasteiger partial charge >= 0.3 is 0 Å². The molecule has 400 valence electrons. The molecule has 0 saturated carbocycles. The molecule has 3 aromatic heterocycles. The predicted octanol–water partition coefficient (Wildman–Crippen LogP) is 21.2. The molecule has 1 spiro atoms. The maximum Gasteiger partial charge on any atom is 0.229 e. The number of para-hydroxylation sites is 7. The Bertz CT molecular complexity index is 5470. The van der Waals surface area contributed by atoms with E-state index in [1.54, 1.807) is 12.1 Å². The number of furan rings is 2. The highest BCUT2D eigenvalue weighted by Gasteiger charge is 2.53. The summed E-state index contributed by atoms with van der Waals surface area (Å²) < 4.78 is 47.1. The third kappa shape index (κ3) is 6.24. The van der Waals surface area contributed by atoms with Gasteiger partial charge in [0.1, 0.15) is 23.3 Å². The molecule has 0 amide bonds. The van der Waals surface area contributed by atoms with Crippen LogP contribution in [0.2, 0.25) is 0 Å². The second-order valence-electron chi connectivity index (χ2n) is 22.2. The molecule has 1 aliphatic carbocycles. The summed E-state index contributed by atoms with van der Waals surface area (Å²) in [5.74, 6) is -0.736. The van der Waals surface area contributed by atoms with Crippen LogP contribution in [0.3, 0.4) is 0 Å². The first-order valence-electron chi connectivity index (χ1n) is 28.5. The third-order valence-corrected chi connectivity index (χ3v) is 18.1. The van der Waals surface area contributed by atoms with Gasteiger partial charge in [-0.3, -0.25) is 0 Å². The number of hydrogen-bond donors (Lipinski definition) is 0. The highest BCUT2D eigenvalue weighted by molar-refractivity contribution is 6.22. The van der Waals surface area contributed by atoms with Crippen molar-refractivity contribution in [1.82, 2.24) is 4.57 Å². The number of nitrogens with zero attached hydrogens (tertiary/aromatic N) is 5. The van der Waals surface area contributed by atoms with Crippen LogP contribution in [0.1, 0.15) is 27.8 Å². The molecule has 9 heteroatoms. The first kappa shape index (κ1) is 47.8. The molecule has 4 heterocycles. The number of benzene rings is 13. The van der Waals surface area contributed by atoms with E-state index in [9.17, 15) is 5.26 Å². The lowest BCUT2D eigenvalue weighted by molar-refractivity contribution is 0.627. The maximum absolute atomic E-state index is 15.4. The van der Waals surface area contributed by atoms with Crippen LogP contribution in [-0.4, -0.2) is 4.57 Å². The van der Waals surface area contributed by atoms with Crippen LogP contribution < -0.4 is 9.80 Å². The second-order valence-corrected chi connectivity index (χ2v) is 22.2. The number of halogens is 2. The van der Waals surface area contributed by atoms with Gasteiger partial charge in [0.05, 0.1) is 57.0 Å². The Morgan fingerprint density at radius 1 is 0.407 bits per heavy atom. The number of aromatic nitrogens is 1. The zero-order valence-electron chi connectivity index (χ0n) is 45.5. The van der Waals surface area contributed by atoms with Crippen molar-refractivity contribution >= 4 is 127 Å². The number of rotatable bonds is 6. The number of hydrogen-bond acceptors (Lipinski definition) is 5. The fourth-order valence-electron chi connectivity index (χ4n) is 14.8. The Kier molecular flexibility index (Phi) is 9.80. The van der Waals surface area contributed by atoms with E-state index in [1.807, 2.05) is 84.9 Å². The Labute approximate surface area is 489 Å². The second kappa shape index (κ2) is 17.6. The summed E-state index contributed by atoms with van der Waals surface area (Å²) in [7, 11) is 0. The summed E-state index contributed by atoms with van der Waals surface area (Å²) in [6.45, 7) is 8.14. The molecule has 0 radical (unpaired) electrons. The van der Waals surface area contributed by atoms with Gasteiger partial charge in [0.25, 0.3) is 0 Å². The summed E-state index contributed by atoms with van der Waals surface area (Å²) in [5.41, 5.74) is 16.0. The summed E-state index contributed by atoms with van der Waals surface area (Å²) in [6, 6.07) is 85.1. The van der Waals surface area contributed by atoms with Gasteiger partial charge < -0.3 is 23.2 Å². The topological polar surface area (TPSA) is 65.8 Å². The van der Waals surface area contributed by atoms with E-state index >= 15 is 8.78 Å². The quantitative estimate of drug-likeness (QED) is 0.155. The number of fused-ring (bicyclic) bond motifs is 22. The summed E-state index contributed by atoms with van der Waals surface area (Å²) in [4.78, 5) is 8.26. The van der Waals surface area contributed by atoms with E-state index < -0.39 is 5.41 Å². The highest BCUT2D eigenvalue weighted by Crippen LogP contribution is 2.66. The van der Waals surface area contributed by atoms with Crippen molar-refractivity contribution in [3.8, 4) is 22.9 Å². The van der Waals surface area contributed by atoms with Crippen molar-refractivity contribution in [2.45, 2.75) is 5.41 Å². The Morgan fingerprint density at radius 3 is 1.45 bits per heavy atom. The van der Waals surface area contributed by atoms with Crippen LogP contribution in [0.25, 0.3) is 109 Å². The first-order valence-corrected chi connectivity index (χ1v) is 28.5. The smallest absolute Gasteiger partial charge is 0.229 e. The molecule has 1 aliphatic heterocycles. The standard InChI is InChI=1S/C77H41F2N5O2/c1-81-63-28-12-23-56-58-25-14-32-67(76(58)86-74(56)63)83(48-39-35-46(79)36-40-48)69-42-62-71(53-20-5-3-17-50(53)69)70-52-19-4-2-16-49(52)68(82(47-37-33-45(78)34-38-47)66-31-13-24-57-55-22-10-15-44(43-80)73(55)85-75(57)66)41-61(70)77(62)59-26-7-9-30-65(59)84-64-29-8-6-18-51(64)54-21-11-27-60(77)72(54)84/h2-42H. The Morgan fingerprint density at radius 2 is 0.860 bits per heavy atom. The minimum atomic E-state index is -1.06. The van der Waals surface area contributed by atoms with Crippen LogP contribution in [0, 0.1) is 29.5 Å². The van der Waals surface area contributed by atoms with Crippen LogP contribution in [0.4, 0.5) is 48.6 Å². The van der Waals surface area contributed by atoms with Gasteiger partial charge in [-0.05, 0) is 135 Å². The summed E-state index contributed by atoms with van der Waals surface area (Å²) in [5, 5.41) is 19.9. The molecule has 0 fully saturated rings. The molecule has 13 aromatic carbocycles. The minimum absolute atomic E-state index is 0.367. The van der Waals surface area contributed by atoms with Crippen LogP contribution in [-0.2, 0) is 5.41 Å². The lowest BCUT2D eigenvalue weighted by Gasteiger charge is -2.40. The largest absolute Gasteiger partial charge is 0.465 e. The van der Waals surface area contributed by atoms with Gasteiger partial charge in [-0.25, -0.2) is 13.6 Å². The lowest BCUT2D eigenvalue weighted by Crippen LogP contribution is -2.34. The van der Waals surface area contributed by atoms with Crippen molar-refractivity contribution in [3.05, 3.63) is 300 Å². The molecule has 16 aromatic rings. The normalized spacial score (nSPS) is 14.0. The van der Waals surface area contributed by atoms with Gasteiger partial charge in [-0.2, -0.15) is 5.26 Å². The predicted molar refractivity (Wildman–Crippen MR) is 341 cm³/mol.